The lowest BCUT2D eigenvalue weighted by Crippen LogP contribution is -2.39. The monoisotopic (exact) mass is 254 g/mol. The summed E-state index contributed by atoms with van der Waals surface area (Å²) in [7, 11) is 0. The molecule has 2 rings (SSSR count). The first-order chi connectivity index (χ1) is 7.63. The van der Waals surface area contributed by atoms with Gasteiger partial charge < -0.3 is 5.32 Å². The Morgan fingerprint density at radius 1 is 1.50 bits per heavy atom. The van der Waals surface area contributed by atoms with Crippen LogP contribution in [-0.4, -0.2) is 16.5 Å². The molecule has 1 N–H and O–H groups in total. The van der Waals surface area contributed by atoms with E-state index in [1.165, 1.54) is 11.1 Å². The largest absolute Gasteiger partial charge is 0.359 e. The highest BCUT2D eigenvalue weighted by Gasteiger charge is 2.30. The Hall–Kier alpha value is -0.480. The van der Waals surface area contributed by atoms with E-state index in [4.69, 9.17) is 0 Å². The van der Waals surface area contributed by atoms with Gasteiger partial charge in [-0.1, -0.05) is 18.7 Å². The van der Waals surface area contributed by atoms with Crippen molar-refractivity contribution in [1.29, 1.82) is 0 Å². The molecule has 1 aliphatic rings. The van der Waals surface area contributed by atoms with Crippen molar-refractivity contribution in [3.63, 3.8) is 0 Å². The van der Waals surface area contributed by atoms with Crippen LogP contribution in [0.1, 0.15) is 31.4 Å². The predicted molar refractivity (Wildman–Crippen MR) is 74.5 cm³/mol. The first-order valence-electron chi connectivity index (χ1n) is 5.60. The van der Waals surface area contributed by atoms with Crippen LogP contribution in [-0.2, 0) is 6.54 Å². The SMILES string of the molecule is CCC1(C)CSC(=NCc2cscc2C)N1. The van der Waals surface area contributed by atoms with Crippen molar-refractivity contribution < 1.29 is 0 Å². The van der Waals surface area contributed by atoms with Gasteiger partial charge in [-0.25, -0.2) is 0 Å². The van der Waals surface area contributed by atoms with Crippen molar-refractivity contribution in [1.82, 2.24) is 5.32 Å². The van der Waals surface area contributed by atoms with Gasteiger partial charge in [0, 0.05) is 11.3 Å². The molecule has 1 aromatic rings. The molecule has 1 fully saturated rings. The number of nitrogens with one attached hydrogen (secondary N) is 1. The van der Waals surface area contributed by atoms with Crippen molar-refractivity contribution in [2.24, 2.45) is 4.99 Å². The van der Waals surface area contributed by atoms with Crippen LogP contribution in [0.15, 0.2) is 15.8 Å². The molecule has 1 aliphatic heterocycles. The first kappa shape index (κ1) is 12.0. The normalized spacial score (nSPS) is 27.3. The molecule has 88 valence electrons. The zero-order chi connectivity index (χ0) is 11.6. The molecule has 16 heavy (non-hydrogen) atoms. The molecule has 4 heteroatoms. The number of amidine groups is 1. The summed E-state index contributed by atoms with van der Waals surface area (Å²) in [4.78, 5) is 4.65. The summed E-state index contributed by atoms with van der Waals surface area (Å²) < 4.78 is 0. The lowest BCUT2D eigenvalue weighted by atomic mass is 10.0. The average molecular weight is 254 g/mol. The molecule has 0 radical (unpaired) electrons. The number of rotatable bonds is 3. The molecule has 1 unspecified atom stereocenters. The van der Waals surface area contributed by atoms with E-state index in [2.05, 4.69) is 41.8 Å². The molecule has 2 heterocycles. The molecule has 0 bridgehead atoms. The summed E-state index contributed by atoms with van der Waals surface area (Å²) in [6.07, 6.45) is 1.15. The van der Waals surface area contributed by atoms with Crippen molar-refractivity contribution in [2.75, 3.05) is 5.75 Å². The molecule has 0 amide bonds. The number of thioether (sulfide) groups is 1. The Balaban J connectivity index is 1.98. The Labute approximate surface area is 106 Å². The number of aliphatic imine (C=N–C) groups is 1. The molecule has 2 nitrogen and oxygen atoms in total. The van der Waals surface area contributed by atoms with Gasteiger partial charge in [0.25, 0.3) is 0 Å². The number of nitrogens with zero attached hydrogens (tertiary/aromatic N) is 1. The van der Waals surface area contributed by atoms with Crippen LogP contribution in [0.25, 0.3) is 0 Å². The second kappa shape index (κ2) is 4.80. The summed E-state index contributed by atoms with van der Waals surface area (Å²) in [5, 5.41) is 9.00. The predicted octanol–water partition coefficient (Wildman–Crippen LogP) is 3.42. The quantitative estimate of drug-likeness (QED) is 0.894. The molecular weight excluding hydrogens is 236 g/mol. The van der Waals surface area contributed by atoms with Gasteiger partial charge in [0.15, 0.2) is 5.17 Å². The number of hydrogen-bond donors (Lipinski definition) is 1. The first-order valence-corrected chi connectivity index (χ1v) is 7.53. The van der Waals surface area contributed by atoms with Gasteiger partial charge in [0.05, 0.1) is 6.54 Å². The highest BCUT2D eigenvalue weighted by atomic mass is 32.2. The fourth-order valence-electron chi connectivity index (χ4n) is 1.54. The Morgan fingerprint density at radius 3 is 2.88 bits per heavy atom. The molecule has 1 atom stereocenters. The molecule has 0 aromatic carbocycles. The van der Waals surface area contributed by atoms with Crippen LogP contribution in [0.5, 0.6) is 0 Å². The zero-order valence-corrected chi connectivity index (χ0v) is 11.7. The van der Waals surface area contributed by atoms with E-state index >= 15 is 0 Å². The van der Waals surface area contributed by atoms with E-state index in [0.29, 0.717) is 0 Å². The number of thiophene rings is 1. The van der Waals surface area contributed by atoms with Crippen molar-refractivity contribution in [3.05, 3.63) is 21.9 Å². The fraction of sp³-hybridized carbons (Fsp3) is 0.583. The maximum atomic E-state index is 4.65. The topological polar surface area (TPSA) is 24.4 Å². The highest BCUT2D eigenvalue weighted by molar-refractivity contribution is 8.14. The van der Waals surface area contributed by atoms with Crippen LogP contribution in [0.4, 0.5) is 0 Å². The van der Waals surface area contributed by atoms with Crippen molar-refractivity contribution >= 4 is 28.3 Å². The minimum absolute atomic E-state index is 0.243. The Bertz CT molecular complexity index is 397. The zero-order valence-electron chi connectivity index (χ0n) is 10.0. The van der Waals surface area contributed by atoms with Crippen molar-refractivity contribution in [2.45, 2.75) is 39.3 Å². The lowest BCUT2D eigenvalue weighted by Gasteiger charge is -2.20. The van der Waals surface area contributed by atoms with Gasteiger partial charge in [0.2, 0.25) is 0 Å². The van der Waals surface area contributed by atoms with Crippen LogP contribution >= 0.6 is 23.1 Å². The highest BCUT2D eigenvalue weighted by Crippen LogP contribution is 2.26. The second-order valence-corrected chi connectivity index (χ2v) is 6.24. The molecule has 0 aliphatic carbocycles. The van der Waals surface area contributed by atoms with E-state index in [-0.39, 0.29) is 5.54 Å². The number of hydrogen-bond acceptors (Lipinski definition) is 3. The standard InChI is InChI=1S/C12H18N2S2/c1-4-12(3)8-16-11(14-12)13-5-10-7-15-6-9(10)2/h6-7H,4-5,8H2,1-3H3,(H,13,14). The van der Waals surface area contributed by atoms with E-state index in [1.54, 1.807) is 11.3 Å². The van der Waals surface area contributed by atoms with Gasteiger partial charge in [0.1, 0.15) is 0 Å². The third-order valence-corrected chi connectivity index (χ3v) is 5.27. The Kier molecular flexibility index (Phi) is 3.60. The number of aryl methyl sites for hydroxylation is 1. The third-order valence-electron chi connectivity index (χ3n) is 3.07. The second-order valence-electron chi connectivity index (χ2n) is 4.53. The van der Waals surface area contributed by atoms with E-state index in [0.717, 1.165) is 23.9 Å². The van der Waals surface area contributed by atoms with Gasteiger partial charge in [-0.3, -0.25) is 4.99 Å². The van der Waals surface area contributed by atoms with Gasteiger partial charge in [-0.2, -0.15) is 11.3 Å². The summed E-state index contributed by atoms with van der Waals surface area (Å²) in [5.41, 5.74) is 2.95. The third kappa shape index (κ3) is 2.61. The smallest absolute Gasteiger partial charge is 0.157 e. The average Bonchev–Trinajstić information content (AvgIpc) is 2.84. The minimum atomic E-state index is 0.243. The van der Waals surface area contributed by atoms with Gasteiger partial charge in [-0.15, -0.1) is 0 Å². The van der Waals surface area contributed by atoms with Crippen LogP contribution in [0.2, 0.25) is 0 Å². The fourth-order valence-corrected chi connectivity index (χ4v) is 3.59. The molecule has 0 spiro atoms. The van der Waals surface area contributed by atoms with Crippen LogP contribution in [0.3, 0.4) is 0 Å². The van der Waals surface area contributed by atoms with E-state index in [1.807, 2.05) is 11.8 Å². The molecule has 1 aromatic heterocycles. The maximum absolute atomic E-state index is 4.65. The van der Waals surface area contributed by atoms with Gasteiger partial charge >= 0.3 is 0 Å². The molecular formula is C12H18N2S2. The van der Waals surface area contributed by atoms with E-state index in [9.17, 15) is 0 Å². The van der Waals surface area contributed by atoms with Crippen LogP contribution < -0.4 is 5.32 Å². The molecule has 1 saturated heterocycles. The summed E-state index contributed by atoms with van der Waals surface area (Å²) in [5.74, 6) is 1.13. The van der Waals surface area contributed by atoms with Crippen LogP contribution in [0, 0.1) is 6.92 Å². The molecule has 0 saturated carbocycles. The summed E-state index contributed by atoms with van der Waals surface area (Å²) in [6.45, 7) is 7.44. The Morgan fingerprint density at radius 2 is 2.31 bits per heavy atom. The van der Waals surface area contributed by atoms with E-state index < -0.39 is 0 Å². The maximum Gasteiger partial charge on any atom is 0.157 e. The minimum Gasteiger partial charge on any atom is -0.359 e. The van der Waals surface area contributed by atoms with Gasteiger partial charge in [-0.05, 0) is 42.2 Å². The summed E-state index contributed by atoms with van der Waals surface area (Å²) in [6, 6.07) is 0. The lowest BCUT2D eigenvalue weighted by molar-refractivity contribution is 0.466. The van der Waals surface area contributed by atoms with Crippen molar-refractivity contribution in [3.8, 4) is 0 Å². The summed E-state index contributed by atoms with van der Waals surface area (Å²) >= 11 is 3.60.